The third-order valence-corrected chi connectivity index (χ3v) is 5.31. The Morgan fingerprint density at radius 3 is 2.85 bits per heavy atom. The van der Waals surface area contributed by atoms with Crippen LogP contribution in [0.25, 0.3) is 4.85 Å². The zero-order chi connectivity index (χ0) is 18.7. The largest absolute Gasteiger partial charge is 0.381 e. The summed E-state index contributed by atoms with van der Waals surface area (Å²) in [5, 5.41) is 10.2. The monoisotopic (exact) mass is 368 g/mol. The number of rotatable bonds is 4. The van der Waals surface area contributed by atoms with Crippen molar-refractivity contribution in [2.24, 2.45) is 0 Å². The maximum absolute atomic E-state index is 7.88. The molecule has 2 aromatic rings. The predicted octanol–water partition coefficient (Wildman–Crippen LogP) is 2.70. The molecule has 2 N–H and O–H groups in total. The molecule has 27 heavy (non-hydrogen) atoms. The van der Waals surface area contributed by atoms with Crippen molar-refractivity contribution in [1.82, 2.24) is 15.2 Å². The summed E-state index contributed by atoms with van der Waals surface area (Å²) in [5.41, 5.74) is 0.432. The fourth-order valence-corrected chi connectivity index (χ4v) is 3.70. The van der Waals surface area contributed by atoms with Crippen molar-refractivity contribution < 1.29 is 9.47 Å². The van der Waals surface area contributed by atoms with Crippen LogP contribution in [0, 0.1) is 6.57 Å². The Kier molecular flexibility index (Phi) is 4.97. The summed E-state index contributed by atoms with van der Waals surface area (Å²) in [6, 6.07) is 6.15. The van der Waals surface area contributed by atoms with Gasteiger partial charge in [-0.3, -0.25) is 5.10 Å². The second kappa shape index (κ2) is 7.55. The smallest absolute Gasteiger partial charge is 0.262 e. The lowest BCUT2D eigenvalue weighted by Gasteiger charge is -2.35. The average molecular weight is 368 g/mol. The van der Waals surface area contributed by atoms with Gasteiger partial charge in [0.25, 0.3) is 5.54 Å². The molecule has 8 heteroatoms. The minimum absolute atomic E-state index is 0.236. The van der Waals surface area contributed by atoms with Crippen molar-refractivity contribution >= 4 is 17.5 Å². The van der Waals surface area contributed by atoms with Gasteiger partial charge in [-0.25, -0.2) is 11.6 Å². The average Bonchev–Trinajstić information content (AvgIpc) is 3.21. The van der Waals surface area contributed by atoms with Gasteiger partial charge in [0.1, 0.15) is 17.5 Å². The molecule has 0 amide bonds. The van der Waals surface area contributed by atoms with Gasteiger partial charge in [0.2, 0.25) is 0 Å². The molecule has 2 aromatic heterocycles. The second-order valence-electron chi connectivity index (χ2n) is 7.07. The minimum Gasteiger partial charge on any atom is -0.381 e. The van der Waals surface area contributed by atoms with Gasteiger partial charge in [-0.05, 0) is 19.1 Å². The highest BCUT2D eigenvalue weighted by Gasteiger charge is 2.42. The summed E-state index contributed by atoms with van der Waals surface area (Å²) in [4.78, 5) is 11.1. The van der Waals surface area contributed by atoms with Crippen LogP contribution >= 0.6 is 0 Å². The molecule has 0 spiro atoms. The highest BCUT2D eigenvalue weighted by Crippen LogP contribution is 2.39. The van der Waals surface area contributed by atoms with E-state index in [2.05, 4.69) is 38.2 Å². The number of morpholine rings is 1. The van der Waals surface area contributed by atoms with Gasteiger partial charge in [-0.15, -0.1) is 0 Å². The lowest BCUT2D eigenvalue weighted by molar-refractivity contribution is 0.0646. The Bertz CT molecular complexity index is 810. The lowest BCUT2D eigenvalue weighted by Crippen LogP contribution is -2.44. The molecule has 1 atom stereocenters. The Hall–Kier alpha value is -2.63. The topological polar surface area (TPSA) is 79.7 Å². The molecule has 0 aromatic carbocycles. The third kappa shape index (κ3) is 3.61. The van der Waals surface area contributed by atoms with E-state index in [1.807, 2.05) is 12.1 Å². The molecule has 0 unspecified atom stereocenters. The van der Waals surface area contributed by atoms with Crippen molar-refractivity contribution in [2.75, 3.05) is 43.2 Å². The summed E-state index contributed by atoms with van der Waals surface area (Å²) < 4.78 is 11.1. The summed E-state index contributed by atoms with van der Waals surface area (Å²) >= 11 is 0. The van der Waals surface area contributed by atoms with Gasteiger partial charge in [-0.1, -0.05) is 0 Å². The molecule has 0 bridgehead atoms. The van der Waals surface area contributed by atoms with E-state index in [4.69, 9.17) is 21.0 Å². The van der Waals surface area contributed by atoms with Crippen LogP contribution in [-0.4, -0.2) is 54.2 Å². The van der Waals surface area contributed by atoms with Gasteiger partial charge >= 0.3 is 0 Å². The number of anilines is 3. The Balaban J connectivity index is 1.75. The maximum Gasteiger partial charge on any atom is 0.262 e. The highest BCUT2D eigenvalue weighted by molar-refractivity contribution is 5.59. The van der Waals surface area contributed by atoms with E-state index in [1.54, 1.807) is 6.20 Å². The van der Waals surface area contributed by atoms with E-state index in [1.165, 1.54) is 0 Å². The third-order valence-electron chi connectivity index (χ3n) is 5.31. The maximum atomic E-state index is 7.88. The molecule has 0 radical (unpaired) electrons. The molecule has 0 saturated carbocycles. The van der Waals surface area contributed by atoms with Crippen molar-refractivity contribution in [3.8, 4) is 0 Å². The van der Waals surface area contributed by atoms with Crippen LogP contribution in [0.15, 0.2) is 24.4 Å². The molecular weight excluding hydrogens is 344 g/mol. The van der Waals surface area contributed by atoms with Gasteiger partial charge in [0, 0.05) is 18.2 Å². The molecule has 2 fully saturated rings. The molecular formula is C19H24N6O2. The van der Waals surface area contributed by atoms with E-state index < -0.39 is 5.54 Å². The van der Waals surface area contributed by atoms with Crippen LogP contribution in [0.4, 0.5) is 17.5 Å². The minimum atomic E-state index is -0.560. The van der Waals surface area contributed by atoms with E-state index in [0.29, 0.717) is 45.1 Å². The van der Waals surface area contributed by atoms with E-state index in [0.717, 1.165) is 23.7 Å². The first kappa shape index (κ1) is 17.8. The fraction of sp³-hybridized carbons (Fsp3) is 0.526. The standard InChI is InChI=1S/C19H24N6O2/c1-14-13-27-10-7-25(14)18-12-15(19(20-2)4-8-26-9-5-19)11-17(23-18)22-16-3-6-21-24-16/h3,6,11-12,14H,4-5,7-10,13H2,1H3,(H2,21,22,23,24)/t14-/m1/s1. The number of aromatic nitrogens is 3. The number of pyridine rings is 1. The number of hydrogen-bond donors (Lipinski definition) is 2. The van der Waals surface area contributed by atoms with Crippen molar-refractivity contribution in [2.45, 2.75) is 31.3 Å². The van der Waals surface area contributed by atoms with Crippen LogP contribution < -0.4 is 10.2 Å². The zero-order valence-corrected chi connectivity index (χ0v) is 15.4. The molecule has 4 rings (SSSR count). The summed E-state index contributed by atoms with van der Waals surface area (Å²) in [5.74, 6) is 2.35. The highest BCUT2D eigenvalue weighted by atomic mass is 16.5. The molecule has 2 saturated heterocycles. The van der Waals surface area contributed by atoms with E-state index in [9.17, 15) is 0 Å². The second-order valence-corrected chi connectivity index (χ2v) is 7.07. The van der Waals surface area contributed by atoms with Crippen molar-refractivity contribution in [1.29, 1.82) is 0 Å². The lowest BCUT2D eigenvalue weighted by atomic mass is 9.83. The first-order valence-corrected chi connectivity index (χ1v) is 9.30. The number of ether oxygens (including phenoxy) is 2. The fourth-order valence-electron chi connectivity index (χ4n) is 3.70. The first-order valence-electron chi connectivity index (χ1n) is 9.30. The zero-order valence-electron chi connectivity index (χ0n) is 15.4. The molecule has 142 valence electrons. The number of aromatic amines is 1. The van der Waals surface area contributed by atoms with Gasteiger partial charge in [0.05, 0.1) is 51.5 Å². The van der Waals surface area contributed by atoms with Crippen molar-refractivity contribution in [3.63, 3.8) is 0 Å². The normalized spacial score (nSPS) is 22.2. The van der Waals surface area contributed by atoms with E-state index >= 15 is 0 Å². The number of H-pyrrole nitrogens is 1. The van der Waals surface area contributed by atoms with Crippen LogP contribution in [0.1, 0.15) is 25.3 Å². The molecule has 2 aliphatic rings. The number of hydrogen-bond acceptors (Lipinski definition) is 6. The molecule has 4 heterocycles. The van der Waals surface area contributed by atoms with E-state index in [-0.39, 0.29) is 6.04 Å². The number of nitrogens with one attached hydrogen (secondary N) is 2. The van der Waals surface area contributed by atoms with Gasteiger partial charge < -0.3 is 24.5 Å². The van der Waals surface area contributed by atoms with Crippen molar-refractivity contribution in [3.05, 3.63) is 41.4 Å². The SMILES string of the molecule is [C-]#[N+]C1(c2cc(Nc3ccn[nH]3)nc(N3CCOC[C@H]3C)c2)CCOCC1. The van der Waals surface area contributed by atoms with Crippen LogP contribution in [0.2, 0.25) is 0 Å². The Morgan fingerprint density at radius 2 is 2.15 bits per heavy atom. The summed E-state index contributed by atoms with van der Waals surface area (Å²) in [7, 11) is 0. The molecule has 0 aliphatic carbocycles. The predicted molar refractivity (Wildman–Crippen MR) is 102 cm³/mol. The van der Waals surface area contributed by atoms with Crippen LogP contribution in [0.3, 0.4) is 0 Å². The summed E-state index contributed by atoms with van der Waals surface area (Å²) in [6.07, 6.45) is 3.08. The summed E-state index contributed by atoms with van der Waals surface area (Å²) in [6.45, 7) is 13.4. The van der Waals surface area contributed by atoms with Gasteiger partial charge in [-0.2, -0.15) is 5.10 Å². The number of nitrogens with zero attached hydrogens (tertiary/aromatic N) is 4. The van der Waals surface area contributed by atoms with Crippen LogP contribution in [-0.2, 0) is 15.0 Å². The van der Waals surface area contributed by atoms with Crippen LogP contribution in [0.5, 0.6) is 0 Å². The molecule has 8 nitrogen and oxygen atoms in total. The first-order chi connectivity index (χ1) is 13.2. The Morgan fingerprint density at radius 1 is 1.30 bits per heavy atom. The quantitative estimate of drug-likeness (QED) is 0.808. The molecule has 2 aliphatic heterocycles. The van der Waals surface area contributed by atoms with Gasteiger partial charge in [0.15, 0.2) is 0 Å². The Labute approximate surface area is 158 Å².